The number of aryl methyl sites for hydroxylation is 1. The number of nitrogens with two attached hydrogens (primary N) is 2. The number of carbonyl (C=O) groups excluding carboxylic acids is 1. The van der Waals surface area contributed by atoms with E-state index < -0.39 is 0 Å². The van der Waals surface area contributed by atoms with E-state index in [1.54, 1.807) is 18.8 Å². The van der Waals surface area contributed by atoms with Crippen molar-refractivity contribution in [2.75, 3.05) is 18.7 Å². The molecule has 5 N–H and O–H groups in total. The molecular formula is C21H27N5O2S. The first kappa shape index (κ1) is 21.1. The molecule has 29 heavy (non-hydrogen) atoms. The molecule has 0 unspecified atom stereocenters. The lowest BCUT2D eigenvalue weighted by Gasteiger charge is -2.23. The minimum Gasteiger partial charge on any atom is -0.372 e. The van der Waals surface area contributed by atoms with Crippen molar-refractivity contribution in [1.82, 2.24) is 5.32 Å². The summed E-state index contributed by atoms with van der Waals surface area (Å²) in [5.41, 5.74) is 15.8. The standard InChI is InChI=1S/C21H27N5O2S/c1-3-13-9-15-11-28-10-14-5-4-6-16(18(14)15)19(13)20(26-21(23)24-2)25-12-29-8-7-17(22)27/h4-6,9H,3,7-8,10-12H2,1-2H3,(H2,22,27)(H3,23,24,25,26). The van der Waals surface area contributed by atoms with Crippen molar-refractivity contribution >= 4 is 40.2 Å². The van der Waals surface area contributed by atoms with Gasteiger partial charge in [-0.2, -0.15) is 0 Å². The number of amides is 1. The van der Waals surface area contributed by atoms with Crippen LogP contribution in [0.2, 0.25) is 0 Å². The number of hydrogen-bond donors (Lipinski definition) is 3. The minimum absolute atomic E-state index is 0.303. The van der Waals surface area contributed by atoms with E-state index in [4.69, 9.17) is 21.2 Å². The fraction of sp³-hybridized carbons (Fsp3) is 0.381. The number of benzene rings is 2. The van der Waals surface area contributed by atoms with Crippen LogP contribution in [0, 0.1) is 0 Å². The van der Waals surface area contributed by atoms with Gasteiger partial charge in [0.05, 0.1) is 19.1 Å². The van der Waals surface area contributed by atoms with Crippen LogP contribution >= 0.6 is 11.8 Å². The highest BCUT2D eigenvalue weighted by molar-refractivity contribution is 7.99. The number of hydrogen-bond acceptors (Lipinski definition) is 5. The van der Waals surface area contributed by atoms with Crippen LogP contribution in [0.25, 0.3) is 10.8 Å². The topological polar surface area (TPSA) is 115 Å². The summed E-state index contributed by atoms with van der Waals surface area (Å²) >= 11 is 1.55. The average molecular weight is 414 g/mol. The Morgan fingerprint density at radius 2 is 2.07 bits per heavy atom. The molecule has 0 spiro atoms. The maximum absolute atomic E-state index is 10.9. The third-order valence-electron chi connectivity index (χ3n) is 4.84. The van der Waals surface area contributed by atoms with Crippen LogP contribution in [0.1, 0.15) is 35.6 Å². The Balaban J connectivity index is 2.07. The molecule has 0 fully saturated rings. The molecule has 0 saturated heterocycles. The Labute approximate surface area is 175 Å². The molecule has 0 radical (unpaired) electrons. The van der Waals surface area contributed by atoms with E-state index in [9.17, 15) is 4.79 Å². The van der Waals surface area contributed by atoms with Crippen LogP contribution < -0.4 is 16.8 Å². The van der Waals surface area contributed by atoms with Gasteiger partial charge in [0.25, 0.3) is 0 Å². The number of ether oxygens (including phenoxy) is 1. The number of nitrogens with zero attached hydrogens (tertiary/aromatic N) is 2. The van der Waals surface area contributed by atoms with Gasteiger partial charge in [-0.3, -0.25) is 14.8 Å². The van der Waals surface area contributed by atoms with Crippen LogP contribution in [0.4, 0.5) is 0 Å². The minimum atomic E-state index is -0.304. The van der Waals surface area contributed by atoms with Gasteiger partial charge in [-0.15, -0.1) is 11.8 Å². The summed E-state index contributed by atoms with van der Waals surface area (Å²) in [6.45, 7) is 3.35. The summed E-state index contributed by atoms with van der Waals surface area (Å²) in [4.78, 5) is 19.7. The molecule has 2 aromatic rings. The van der Waals surface area contributed by atoms with Crippen molar-refractivity contribution in [2.45, 2.75) is 33.0 Å². The zero-order valence-corrected chi connectivity index (χ0v) is 17.6. The first-order chi connectivity index (χ1) is 14.0. The second-order valence-electron chi connectivity index (χ2n) is 6.75. The normalized spacial score (nSPS) is 14.3. The first-order valence-electron chi connectivity index (χ1n) is 9.59. The molecule has 0 bridgehead atoms. The number of thioether (sulfide) groups is 1. The van der Waals surface area contributed by atoms with Crippen molar-refractivity contribution in [3.05, 3.63) is 46.5 Å². The highest BCUT2D eigenvalue weighted by Crippen LogP contribution is 2.33. The third kappa shape index (κ3) is 4.89. The third-order valence-corrected chi connectivity index (χ3v) is 5.64. The second kappa shape index (κ2) is 9.76. The Morgan fingerprint density at radius 1 is 1.28 bits per heavy atom. The van der Waals surface area contributed by atoms with E-state index in [1.165, 1.54) is 22.1 Å². The summed E-state index contributed by atoms with van der Waals surface area (Å²) in [5, 5.41) is 5.53. The Hall–Kier alpha value is -2.58. The molecule has 3 rings (SSSR count). The van der Waals surface area contributed by atoms with Crippen LogP contribution in [0.15, 0.2) is 34.3 Å². The predicted molar refractivity (Wildman–Crippen MR) is 120 cm³/mol. The predicted octanol–water partition coefficient (Wildman–Crippen LogP) is 2.28. The van der Waals surface area contributed by atoms with Gasteiger partial charge >= 0.3 is 0 Å². The number of amidine groups is 1. The molecule has 1 aliphatic heterocycles. The van der Waals surface area contributed by atoms with E-state index in [0.717, 1.165) is 17.4 Å². The summed E-state index contributed by atoms with van der Waals surface area (Å²) in [6.07, 6.45) is 1.18. The molecule has 2 aromatic carbocycles. The zero-order chi connectivity index (χ0) is 20.8. The fourth-order valence-corrected chi connectivity index (χ4v) is 4.18. The maximum Gasteiger partial charge on any atom is 0.218 e. The molecule has 0 saturated carbocycles. The highest BCUT2D eigenvalue weighted by Gasteiger charge is 2.20. The number of aliphatic imine (C=N–C) groups is 2. The summed E-state index contributed by atoms with van der Waals surface area (Å²) in [6, 6.07) is 8.48. The fourth-order valence-electron chi connectivity index (χ4n) is 3.48. The largest absolute Gasteiger partial charge is 0.372 e. The molecule has 8 heteroatoms. The number of primary amides is 1. The number of carbonyl (C=O) groups is 1. The van der Waals surface area contributed by atoms with Gasteiger partial charge in [0, 0.05) is 24.8 Å². The summed E-state index contributed by atoms with van der Waals surface area (Å²) in [7, 11) is 1.64. The van der Waals surface area contributed by atoms with Crippen LogP contribution in [-0.4, -0.2) is 36.4 Å². The van der Waals surface area contributed by atoms with E-state index >= 15 is 0 Å². The molecule has 0 atom stereocenters. The van der Waals surface area contributed by atoms with Crippen molar-refractivity contribution < 1.29 is 9.53 Å². The lowest BCUT2D eigenvalue weighted by atomic mass is 9.89. The average Bonchev–Trinajstić information content (AvgIpc) is 2.72. The van der Waals surface area contributed by atoms with Gasteiger partial charge in [-0.25, -0.2) is 0 Å². The molecule has 0 aliphatic carbocycles. The molecule has 0 aromatic heterocycles. The maximum atomic E-state index is 10.9. The first-order valence-corrected chi connectivity index (χ1v) is 10.7. The monoisotopic (exact) mass is 413 g/mol. The van der Waals surface area contributed by atoms with E-state index in [-0.39, 0.29) is 5.91 Å². The van der Waals surface area contributed by atoms with Gasteiger partial charge in [0.2, 0.25) is 5.91 Å². The molecule has 7 nitrogen and oxygen atoms in total. The van der Waals surface area contributed by atoms with Crippen LogP contribution in [0.3, 0.4) is 0 Å². The van der Waals surface area contributed by atoms with E-state index in [2.05, 4.69) is 41.5 Å². The Kier molecular flexibility index (Phi) is 7.11. The van der Waals surface area contributed by atoms with Gasteiger partial charge < -0.3 is 21.5 Å². The molecule has 1 aliphatic rings. The lowest BCUT2D eigenvalue weighted by Crippen LogP contribution is -2.38. The van der Waals surface area contributed by atoms with Crippen molar-refractivity contribution in [3.63, 3.8) is 0 Å². The van der Waals surface area contributed by atoms with Crippen molar-refractivity contribution in [2.24, 2.45) is 21.5 Å². The zero-order valence-electron chi connectivity index (χ0n) is 16.8. The molecule has 1 amide bonds. The highest BCUT2D eigenvalue weighted by atomic mass is 32.2. The number of guanidine groups is 1. The van der Waals surface area contributed by atoms with Gasteiger partial charge in [0.15, 0.2) is 5.96 Å². The molecule has 1 heterocycles. The smallest absolute Gasteiger partial charge is 0.218 e. The Morgan fingerprint density at radius 3 is 2.79 bits per heavy atom. The van der Waals surface area contributed by atoms with Gasteiger partial charge in [0.1, 0.15) is 5.84 Å². The van der Waals surface area contributed by atoms with E-state index in [1.807, 2.05) is 0 Å². The summed E-state index contributed by atoms with van der Waals surface area (Å²) in [5.74, 6) is 1.80. The quantitative estimate of drug-likeness (QED) is 0.366. The van der Waals surface area contributed by atoms with Gasteiger partial charge in [-0.05, 0) is 33.9 Å². The molecule has 154 valence electrons. The van der Waals surface area contributed by atoms with Crippen molar-refractivity contribution in [1.29, 1.82) is 0 Å². The summed E-state index contributed by atoms with van der Waals surface area (Å²) < 4.78 is 5.75. The van der Waals surface area contributed by atoms with Gasteiger partial charge in [-0.1, -0.05) is 31.2 Å². The molecular weight excluding hydrogens is 386 g/mol. The second-order valence-corrected chi connectivity index (χ2v) is 7.82. The number of nitrogens with one attached hydrogen (secondary N) is 1. The SMILES string of the molecule is CCc1cc2c3c(cccc3c1/C(=N/CSCCC(N)=O)NC(N)=NC)COC2. The van der Waals surface area contributed by atoms with Crippen LogP contribution in [-0.2, 0) is 29.2 Å². The lowest BCUT2D eigenvalue weighted by molar-refractivity contribution is -0.117. The number of rotatable bonds is 7. The van der Waals surface area contributed by atoms with Crippen molar-refractivity contribution in [3.8, 4) is 0 Å². The Bertz CT molecular complexity index is 971. The van der Waals surface area contributed by atoms with E-state index in [0.29, 0.717) is 43.1 Å². The van der Waals surface area contributed by atoms with Crippen LogP contribution in [0.5, 0.6) is 0 Å².